The molecule has 0 bridgehead atoms. The molecule has 29 heavy (non-hydrogen) atoms. The van der Waals surface area contributed by atoms with Crippen LogP contribution in [0.3, 0.4) is 0 Å². The Bertz CT molecular complexity index is 738. The second-order valence-electron chi connectivity index (χ2n) is 7.33. The van der Waals surface area contributed by atoms with E-state index in [0.29, 0.717) is 12.1 Å². The van der Waals surface area contributed by atoms with Crippen molar-refractivity contribution in [1.82, 2.24) is 30.3 Å². The third-order valence-corrected chi connectivity index (χ3v) is 5.58. The van der Waals surface area contributed by atoms with Crippen molar-refractivity contribution in [2.75, 3.05) is 26.7 Å². The summed E-state index contributed by atoms with van der Waals surface area (Å²) >= 11 is 0. The van der Waals surface area contributed by atoms with Gasteiger partial charge >= 0.3 is 0 Å². The minimum absolute atomic E-state index is 0. The molecule has 2 aromatic rings. The van der Waals surface area contributed by atoms with Crippen LogP contribution < -0.4 is 10.6 Å². The number of halogens is 1. The number of guanidine groups is 1. The number of nitrogens with zero attached hydrogens (tertiary/aromatic N) is 5. The number of nitrogens with one attached hydrogen (secondary N) is 2. The zero-order chi connectivity index (χ0) is 19.8. The summed E-state index contributed by atoms with van der Waals surface area (Å²) in [6, 6.07) is 11.7. The number of hydrogen-bond donors (Lipinski definition) is 2. The highest BCUT2D eigenvalue weighted by atomic mass is 127. The van der Waals surface area contributed by atoms with Crippen LogP contribution in [0.15, 0.2) is 41.7 Å². The van der Waals surface area contributed by atoms with Crippen LogP contribution in [0.2, 0.25) is 0 Å². The van der Waals surface area contributed by atoms with E-state index in [1.54, 1.807) is 6.33 Å². The Morgan fingerprint density at radius 2 is 1.97 bits per heavy atom. The smallest absolute Gasteiger partial charge is 0.191 e. The first-order chi connectivity index (χ1) is 13.7. The number of rotatable bonds is 7. The normalized spacial score (nSPS) is 16.9. The minimum atomic E-state index is 0. The predicted molar refractivity (Wildman–Crippen MR) is 129 cm³/mol. The van der Waals surface area contributed by atoms with Crippen LogP contribution in [0, 0.1) is 0 Å². The third kappa shape index (κ3) is 6.67. The lowest BCUT2D eigenvalue weighted by molar-refractivity contribution is 0.158. The Balaban J connectivity index is 0.00000300. The molecule has 1 aromatic carbocycles. The van der Waals surface area contributed by atoms with Crippen LogP contribution >= 0.6 is 24.0 Å². The summed E-state index contributed by atoms with van der Waals surface area (Å²) in [5.74, 6) is 1.89. The molecular formula is C21H34IN7. The molecule has 1 aliphatic heterocycles. The van der Waals surface area contributed by atoms with Crippen molar-refractivity contribution < 1.29 is 0 Å². The molecule has 7 nitrogen and oxygen atoms in total. The summed E-state index contributed by atoms with van der Waals surface area (Å²) in [6.45, 7) is 8.24. The van der Waals surface area contributed by atoms with Crippen molar-refractivity contribution in [3.05, 3.63) is 48.0 Å². The molecule has 1 unspecified atom stereocenters. The quantitative estimate of drug-likeness (QED) is 0.340. The van der Waals surface area contributed by atoms with Gasteiger partial charge < -0.3 is 15.2 Å². The summed E-state index contributed by atoms with van der Waals surface area (Å²) in [5, 5.41) is 15.1. The van der Waals surface area contributed by atoms with Crippen molar-refractivity contribution in [3.8, 4) is 0 Å². The van der Waals surface area contributed by atoms with E-state index in [-0.39, 0.29) is 24.0 Å². The molecule has 8 heteroatoms. The van der Waals surface area contributed by atoms with Gasteiger partial charge in [0.2, 0.25) is 0 Å². The first kappa shape index (κ1) is 23.6. The second kappa shape index (κ2) is 12.1. The first-order valence-corrected chi connectivity index (χ1v) is 10.3. The van der Waals surface area contributed by atoms with Gasteiger partial charge in [-0.25, -0.2) is 0 Å². The van der Waals surface area contributed by atoms with Crippen LogP contribution in [-0.2, 0) is 13.0 Å². The fourth-order valence-corrected chi connectivity index (χ4v) is 3.80. The molecule has 1 atom stereocenters. The van der Waals surface area contributed by atoms with Gasteiger partial charge in [0.05, 0.1) is 0 Å². The van der Waals surface area contributed by atoms with Gasteiger partial charge in [0.15, 0.2) is 5.96 Å². The molecule has 0 amide bonds. The van der Waals surface area contributed by atoms with Crippen LogP contribution in [0.5, 0.6) is 0 Å². The van der Waals surface area contributed by atoms with E-state index in [0.717, 1.165) is 57.2 Å². The maximum atomic E-state index is 4.39. The maximum Gasteiger partial charge on any atom is 0.191 e. The lowest BCUT2D eigenvalue weighted by Gasteiger charge is -2.37. The highest BCUT2D eigenvalue weighted by molar-refractivity contribution is 14.0. The molecule has 1 saturated heterocycles. The third-order valence-electron chi connectivity index (χ3n) is 5.58. The molecular weight excluding hydrogens is 477 g/mol. The summed E-state index contributed by atoms with van der Waals surface area (Å²) < 4.78 is 2.09. The number of benzene rings is 1. The summed E-state index contributed by atoms with van der Waals surface area (Å²) in [6.07, 6.45) is 4.94. The van der Waals surface area contributed by atoms with Crippen molar-refractivity contribution in [2.24, 2.45) is 4.99 Å². The molecule has 160 valence electrons. The van der Waals surface area contributed by atoms with Crippen molar-refractivity contribution in [3.63, 3.8) is 0 Å². The summed E-state index contributed by atoms with van der Waals surface area (Å²) in [4.78, 5) is 6.96. The Labute approximate surface area is 191 Å². The number of aryl methyl sites for hydroxylation is 1. The fraction of sp³-hybridized carbons (Fsp3) is 0.571. The molecule has 0 spiro atoms. The fourth-order valence-electron chi connectivity index (χ4n) is 3.80. The lowest BCUT2D eigenvalue weighted by Crippen LogP contribution is -2.49. The van der Waals surface area contributed by atoms with Crippen LogP contribution in [0.25, 0.3) is 0 Å². The van der Waals surface area contributed by atoms with Crippen molar-refractivity contribution in [2.45, 2.75) is 51.7 Å². The SMILES string of the molecule is CCc1nncn1CCNC(=NC)NC1CCN(C(C)c2ccccc2)CC1.I. The van der Waals surface area contributed by atoms with Gasteiger partial charge in [-0.3, -0.25) is 9.89 Å². The maximum absolute atomic E-state index is 4.39. The topological polar surface area (TPSA) is 70.4 Å². The Kier molecular flexibility index (Phi) is 9.86. The standard InChI is InChI=1S/C21H33N7.HI/c1-4-20-26-24-16-28(20)15-12-23-21(22-3)25-19-10-13-27(14-11-19)17(2)18-8-6-5-7-9-18;/h5-9,16-17,19H,4,10-15H2,1-3H3,(H2,22,23,25);1H. The predicted octanol–water partition coefficient (Wildman–Crippen LogP) is 2.85. The minimum Gasteiger partial charge on any atom is -0.355 e. The van der Waals surface area contributed by atoms with Gasteiger partial charge in [-0.1, -0.05) is 37.3 Å². The molecule has 0 saturated carbocycles. The molecule has 0 aliphatic carbocycles. The van der Waals surface area contributed by atoms with Gasteiger partial charge in [-0.2, -0.15) is 0 Å². The van der Waals surface area contributed by atoms with Gasteiger partial charge in [0.1, 0.15) is 12.2 Å². The van der Waals surface area contributed by atoms with Crippen LogP contribution in [0.1, 0.15) is 44.1 Å². The van der Waals surface area contributed by atoms with Gasteiger partial charge in [0.25, 0.3) is 0 Å². The first-order valence-electron chi connectivity index (χ1n) is 10.3. The highest BCUT2D eigenvalue weighted by Crippen LogP contribution is 2.23. The Hall–Kier alpha value is -1.68. The zero-order valence-corrected chi connectivity index (χ0v) is 20.0. The Morgan fingerprint density at radius 1 is 1.24 bits per heavy atom. The van der Waals surface area contributed by atoms with E-state index in [9.17, 15) is 0 Å². The average molecular weight is 511 g/mol. The number of piperidine rings is 1. The number of aliphatic imine (C=N–C) groups is 1. The van der Waals surface area contributed by atoms with E-state index in [1.165, 1.54) is 5.56 Å². The van der Waals surface area contributed by atoms with E-state index in [2.05, 4.69) is 79.5 Å². The average Bonchev–Trinajstić information content (AvgIpc) is 3.21. The second-order valence-corrected chi connectivity index (χ2v) is 7.33. The molecule has 2 N–H and O–H groups in total. The van der Waals surface area contributed by atoms with Crippen LogP contribution in [-0.4, -0.2) is 58.3 Å². The van der Waals surface area contributed by atoms with E-state index in [1.807, 2.05) is 7.05 Å². The van der Waals surface area contributed by atoms with Gasteiger partial charge in [-0.15, -0.1) is 34.2 Å². The van der Waals surface area contributed by atoms with E-state index >= 15 is 0 Å². The summed E-state index contributed by atoms with van der Waals surface area (Å²) in [5.41, 5.74) is 1.40. The van der Waals surface area contributed by atoms with Crippen LogP contribution in [0.4, 0.5) is 0 Å². The summed E-state index contributed by atoms with van der Waals surface area (Å²) in [7, 11) is 1.83. The molecule has 1 aromatic heterocycles. The number of hydrogen-bond acceptors (Lipinski definition) is 4. The largest absolute Gasteiger partial charge is 0.355 e. The number of aromatic nitrogens is 3. The monoisotopic (exact) mass is 511 g/mol. The molecule has 0 radical (unpaired) electrons. The highest BCUT2D eigenvalue weighted by Gasteiger charge is 2.23. The molecule has 1 fully saturated rings. The van der Waals surface area contributed by atoms with Crippen molar-refractivity contribution in [1.29, 1.82) is 0 Å². The number of likely N-dealkylation sites (tertiary alicyclic amines) is 1. The molecule has 2 heterocycles. The van der Waals surface area contributed by atoms with E-state index < -0.39 is 0 Å². The van der Waals surface area contributed by atoms with Gasteiger partial charge in [-0.05, 0) is 25.3 Å². The van der Waals surface area contributed by atoms with Gasteiger partial charge in [0, 0.05) is 51.7 Å². The Morgan fingerprint density at radius 3 is 2.62 bits per heavy atom. The molecule has 3 rings (SSSR count). The lowest BCUT2D eigenvalue weighted by atomic mass is 10.0. The zero-order valence-electron chi connectivity index (χ0n) is 17.7. The van der Waals surface area contributed by atoms with E-state index in [4.69, 9.17) is 0 Å². The molecule has 1 aliphatic rings. The van der Waals surface area contributed by atoms with Crippen molar-refractivity contribution >= 4 is 29.9 Å².